The highest BCUT2D eigenvalue weighted by atomic mass is 19.1. The lowest BCUT2D eigenvalue weighted by Gasteiger charge is -2.31. The number of carbonyl (C=O) groups excluding carboxylic acids is 3. The zero-order chi connectivity index (χ0) is 23.7. The van der Waals surface area contributed by atoms with Gasteiger partial charge in [-0.2, -0.15) is 0 Å². The minimum Gasteiger partial charge on any atom is -0.493 e. The standard InChI is InChI=1S/C23H23FN4O5/c1-27-16-11-28(12-18(29)25-14-9-7-13(24)8-10-14)22(30)19(16)20(26-23(27)31)15-5-4-6-17(32-2)21(15)33-3/h4-10,20H,11-12H2,1-3H3,(H,25,29)(H,26,31)/t20-/m1/s1. The predicted octanol–water partition coefficient (Wildman–Crippen LogP) is 2.27. The summed E-state index contributed by atoms with van der Waals surface area (Å²) in [6, 6.07) is 9.39. The highest BCUT2D eigenvalue weighted by Gasteiger charge is 2.44. The average molecular weight is 454 g/mol. The Hall–Kier alpha value is -4.08. The number of urea groups is 1. The molecule has 2 heterocycles. The van der Waals surface area contributed by atoms with Crippen molar-refractivity contribution in [1.29, 1.82) is 0 Å². The number of carbonyl (C=O) groups is 3. The van der Waals surface area contributed by atoms with Crippen molar-refractivity contribution in [1.82, 2.24) is 15.1 Å². The summed E-state index contributed by atoms with van der Waals surface area (Å²) in [5.74, 6) is -0.361. The largest absolute Gasteiger partial charge is 0.493 e. The minimum atomic E-state index is -0.772. The zero-order valence-electron chi connectivity index (χ0n) is 18.3. The summed E-state index contributed by atoms with van der Waals surface area (Å²) >= 11 is 0. The van der Waals surface area contributed by atoms with Gasteiger partial charge < -0.3 is 25.0 Å². The van der Waals surface area contributed by atoms with Crippen LogP contribution in [-0.2, 0) is 9.59 Å². The van der Waals surface area contributed by atoms with Crippen LogP contribution in [0.5, 0.6) is 11.5 Å². The van der Waals surface area contributed by atoms with Crippen LogP contribution < -0.4 is 20.1 Å². The number of methoxy groups -OCH3 is 2. The molecule has 10 heteroatoms. The van der Waals surface area contributed by atoms with E-state index in [-0.39, 0.29) is 25.0 Å². The van der Waals surface area contributed by atoms with Crippen LogP contribution in [0.1, 0.15) is 11.6 Å². The Balaban J connectivity index is 1.60. The highest BCUT2D eigenvalue weighted by molar-refractivity contribution is 6.04. The van der Waals surface area contributed by atoms with Gasteiger partial charge in [-0.3, -0.25) is 14.5 Å². The SMILES string of the molecule is COc1cccc([C@H]2NC(=O)N(C)C3=C2C(=O)N(CC(=O)Nc2ccc(F)cc2)C3)c1OC. The second kappa shape index (κ2) is 8.81. The topological polar surface area (TPSA) is 100 Å². The number of rotatable bonds is 6. The van der Waals surface area contributed by atoms with E-state index in [0.717, 1.165) is 0 Å². The first-order chi connectivity index (χ1) is 15.8. The van der Waals surface area contributed by atoms with E-state index in [4.69, 9.17) is 9.47 Å². The van der Waals surface area contributed by atoms with Gasteiger partial charge in [0.05, 0.1) is 38.1 Å². The molecule has 0 bridgehead atoms. The third kappa shape index (κ3) is 4.07. The molecule has 2 aliphatic rings. The number of ether oxygens (including phenoxy) is 2. The van der Waals surface area contributed by atoms with E-state index >= 15 is 0 Å². The number of nitrogens with one attached hydrogen (secondary N) is 2. The van der Waals surface area contributed by atoms with Crippen molar-refractivity contribution in [2.24, 2.45) is 0 Å². The maximum Gasteiger partial charge on any atom is 0.322 e. The molecule has 0 unspecified atom stereocenters. The first-order valence-electron chi connectivity index (χ1n) is 10.2. The molecule has 9 nitrogen and oxygen atoms in total. The normalized spacial score (nSPS) is 17.6. The minimum absolute atomic E-state index is 0.0949. The Morgan fingerprint density at radius 1 is 1.15 bits per heavy atom. The van der Waals surface area contributed by atoms with E-state index in [1.165, 1.54) is 48.3 Å². The van der Waals surface area contributed by atoms with Crippen molar-refractivity contribution in [3.05, 3.63) is 65.1 Å². The van der Waals surface area contributed by atoms with Gasteiger partial charge in [-0.1, -0.05) is 12.1 Å². The van der Waals surface area contributed by atoms with Crippen LogP contribution in [0.3, 0.4) is 0 Å². The van der Waals surface area contributed by atoms with Crippen LogP contribution in [-0.4, -0.2) is 62.0 Å². The van der Waals surface area contributed by atoms with Crippen molar-refractivity contribution in [2.75, 3.05) is 39.7 Å². The van der Waals surface area contributed by atoms with Crippen LogP contribution in [0, 0.1) is 5.82 Å². The summed E-state index contributed by atoms with van der Waals surface area (Å²) in [5.41, 5.74) is 1.85. The molecular weight excluding hydrogens is 431 g/mol. The maximum atomic E-state index is 13.4. The van der Waals surface area contributed by atoms with E-state index in [0.29, 0.717) is 34.0 Å². The van der Waals surface area contributed by atoms with Crippen LogP contribution in [0.4, 0.5) is 14.9 Å². The summed E-state index contributed by atoms with van der Waals surface area (Å²) < 4.78 is 24.0. The van der Waals surface area contributed by atoms with Gasteiger partial charge in [-0.15, -0.1) is 0 Å². The van der Waals surface area contributed by atoms with E-state index < -0.39 is 17.8 Å². The smallest absolute Gasteiger partial charge is 0.322 e. The number of anilines is 1. The van der Waals surface area contributed by atoms with Gasteiger partial charge in [0.15, 0.2) is 11.5 Å². The maximum absolute atomic E-state index is 13.4. The number of benzene rings is 2. The lowest BCUT2D eigenvalue weighted by atomic mass is 9.94. The molecule has 4 amide bonds. The Labute approximate surface area is 189 Å². The average Bonchev–Trinajstić information content (AvgIpc) is 3.13. The highest BCUT2D eigenvalue weighted by Crippen LogP contribution is 2.42. The predicted molar refractivity (Wildman–Crippen MR) is 117 cm³/mol. The second-order valence-electron chi connectivity index (χ2n) is 7.60. The Kier molecular flexibility index (Phi) is 5.91. The van der Waals surface area contributed by atoms with Crippen molar-refractivity contribution < 1.29 is 28.2 Å². The van der Waals surface area contributed by atoms with Gasteiger partial charge in [-0.05, 0) is 30.3 Å². The van der Waals surface area contributed by atoms with E-state index in [1.807, 2.05) is 0 Å². The molecule has 0 spiro atoms. The lowest BCUT2D eigenvalue weighted by Crippen LogP contribution is -2.45. The van der Waals surface area contributed by atoms with Crippen LogP contribution in [0.2, 0.25) is 0 Å². The molecule has 33 heavy (non-hydrogen) atoms. The molecule has 0 radical (unpaired) electrons. The monoisotopic (exact) mass is 454 g/mol. The molecule has 2 aromatic carbocycles. The van der Waals surface area contributed by atoms with Crippen molar-refractivity contribution in [2.45, 2.75) is 6.04 Å². The van der Waals surface area contributed by atoms with Gasteiger partial charge in [0, 0.05) is 18.3 Å². The fourth-order valence-corrected chi connectivity index (χ4v) is 4.03. The molecule has 4 rings (SSSR count). The van der Waals surface area contributed by atoms with E-state index in [9.17, 15) is 18.8 Å². The first-order valence-corrected chi connectivity index (χ1v) is 10.2. The Morgan fingerprint density at radius 3 is 2.55 bits per heavy atom. The molecule has 1 atom stereocenters. The van der Waals surface area contributed by atoms with Gasteiger partial charge in [0.25, 0.3) is 5.91 Å². The first kappa shape index (κ1) is 22.1. The lowest BCUT2D eigenvalue weighted by molar-refractivity contribution is -0.130. The van der Waals surface area contributed by atoms with Gasteiger partial charge in [0.1, 0.15) is 12.4 Å². The summed E-state index contributed by atoms with van der Waals surface area (Å²) in [7, 11) is 4.55. The van der Waals surface area contributed by atoms with Crippen LogP contribution in [0.15, 0.2) is 53.7 Å². The number of amides is 4. The van der Waals surface area contributed by atoms with Crippen LogP contribution in [0.25, 0.3) is 0 Å². The van der Waals surface area contributed by atoms with E-state index in [2.05, 4.69) is 10.6 Å². The summed E-state index contributed by atoms with van der Waals surface area (Å²) in [6.07, 6.45) is 0. The summed E-state index contributed by atoms with van der Waals surface area (Å²) in [4.78, 5) is 41.3. The molecule has 0 saturated carbocycles. The molecule has 0 saturated heterocycles. The Bertz CT molecular complexity index is 1150. The number of likely N-dealkylation sites (N-methyl/N-ethyl adjacent to an activating group) is 1. The third-order valence-corrected chi connectivity index (χ3v) is 5.64. The summed E-state index contributed by atoms with van der Waals surface area (Å²) in [5, 5.41) is 5.48. The van der Waals surface area contributed by atoms with Gasteiger partial charge >= 0.3 is 6.03 Å². The number of hydrogen-bond acceptors (Lipinski definition) is 5. The molecule has 172 valence electrons. The van der Waals surface area contributed by atoms with Crippen LogP contribution >= 0.6 is 0 Å². The van der Waals surface area contributed by atoms with Crippen molar-refractivity contribution in [3.8, 4) is 11.5 Å². The molecular formula is C23H23FN4O5. The molecule has 0 aromatic heterocycles. The molecule has 0 aliphatic carbocycles. The van der Waals surface area contributed by atoms with Gasteiger partial charge in [-0.25, -0.2) is 9.18 Å². The molecule has 2 N–H and O–H groups in total. The quantitative estimate of drug-likeness (QED) is 0.698. The fraction of sp³-hybridized carbons (Fsp3) is 0.261. The van der Waals surface area contributed by atoms with Crippen molar-refractivity contribution in [3.63, 3.8) is 0 Å². The number of para-hydroxylation sites is 1. The fourth-order valence-electron chi connectivity index (χ4n) is 4.03. The second-order valence-corrected chi connectivity index (χ2v) is 7.60. The molecule has 2 aromatic rings. The number of halogens is 1. The molecule has 0 fully saturated rings. The third-order valence-electron chi connectivity index (χ3n) is 5.64. The van der Waals surface area contributed by atoms with Gasteiger partial charge in [0.2, 0.25) is 5.91 Å². The molecule has 2 aliphatic heterocycles. The summed E-state index contributed by atoms with van der Waals surface area (Å²) in [6.45, 7) is -0.134. The van der Waals surface area contributed by atoms with Crippen molar-refractivity contribution >= 4 is 23.5 Å². The zero-order valence-corrected chi connectivity index (χ0v) is 18.3. The number of hydrogen-bond donors (Lipinski definition) is 2. The number of nitrogens with zero attached hydrogens (tertiary/aromatic N) is 2. The Morgan fingerprint density at radius 2 is 1.88 bits per heavy atom. The van der Waals surface area contributed by atoms with E-state index in [1.54, 1.807) is 25.2 Å².